The Hall–Kier alpha value is -2.53. The number of rotatable bonds is 4. The van der Waals surface area contributed by atoms with Crippen LogP contribution in [0.5, 0.6) is 0 Å². The third kappa shape index (κ3) is 2.71. The van der Waals surface area contributed by atoms with Crippen molar-refractivity contribution in [2.45, 2.75) is 13.0 Å². The van der Waals surface area contributed by atoms with Crippen LogP contribution in [0.15, 0.2) is 65.4 Å². The summed E-state index contributed by atoms with van der Waals surface area (Å²) in [4.78, 5) is 15.5. The van der Waals surface area contributed by atoms with Crippen LogP contribution in [0.4, 0.5) is 5.69 Å². The zero-order valence-corrected chi connectivity index (χ0v) is 14.5. The van der Waals surface area contributed by atoms with Crippen molar-refractivity contribution in [2.24, 2.45) is 0 Å². The second-order valence-electron chi connectivity index (χ2n) is 5.72. The van der Waals surface area contributed by atoms with E-state index in [1.165, 1.54) is 0 Å². The lowest BCUT2D eigenvalue weighted by Gasteiger charge is -2.08. The molecule has 2 N–H and O–H groups in total. The number of halogens is 1. The molecule has 4 nitrogen and oxygen atoms in total. The number of hydrogen-bond acceptors (Lipinski definition) is 1. The number of carbonyl (C=O) groups is 1. The summed E-state index contributed by atoms with van der Waals surface area (Å²) >= 11 is 3.56. The normalized spacial score (nSPS) is 11.2. The molecular formula is C19H16BrN3O. The van der Waals surface area contributed by atoms with Gasteiger partial charge in [0, 0.05) is 51.6 Å². The molecule has 0 saturated carbocycles. The van der Waals surface area contributed by atoms with E-state index in [4.69, 9.17) is 0 Å². The van der Waals surface area contributed by atoms with Gasteiger partial charge in [-0.15, -0.1) is 0 Å². The van der Waals surface area contributed by atoms with Crippen molar-refractivity contribution in [3.05, 3.63) is 65.4 Å². The van der Waals surface area contributed by atoms with Crippen LogP contribution in [0.3, 0.4) is 0 Å². The van der Waals surface area contributed by atoms with Gasteiger partial charge in [0.2, 0.25) is 5.91 Å². The Morgan fingerprint density at radius 3 is 2.88 bits per heavy atom. The molecule has 1 amide bonds. The lowest BCUT2D eigenvalue weighted by atomic mass is 10.2. The fraction of sp³-hybridized carbons (Fsp3) is 0.105. The third-order valence-corrected chi connectivity index (χ3v) is 4.90. The first-order chi connectivity index (χ1) is 11.7. The largest absolute Gasteiger partial charge is 0.361 e. The van der Waals surface area contributed by atoms with Gasteiger partial charge in [0.1, 0.15) is 0 Å². The molecule has 0 saturated heterocycles. The smallest absolute Gasteiger partial charge is 0.226 e. The zero-order chi connectivity index (χ0) is 16.5. The molecule has 4 aromatic rings. The minimum atomic E-state index is 0.0144. The molecule has 0 fully saturated rings. The maximum atomic E-state index is 12.3. The topological polar surface area (TPSA) is 49.8 Å². The standard InChI is InChI=1S/C19H16BrN3O/c20-15-3-1-6-18-13(15)8-11-23(18)12-9-19(24)22-17-5-2-4-16-14(17)7-10-21-16/h1-8,10-11,21H,9,12H2,(H,22,24). The molecule has 2 aromatic carbocycles. The van der Waals surface area contributed by atoms with Crippen molar-refractivity contribution < 1.29 is 4.79 Å². The van der Waals surface area contributed by atoms with E-state index in [-0.39, 0.29) is 5.91 Å². The van der Waals surface area contributed by atoms with Gasteiger partial charge in [-0.25, -0.2) is 0 Å². The van der Waals surface area contributed by atoms with Crippen LogP contribution in [-0.4, -0.2) is 15.5 Å². The fourth-order valence-electron chi connectivity index (χ4n) is 3.01. The highest BCUT2D eigenvalue weighted by atomic mass is 79.9. The van der Waals surface area contributed by atoms with Gasteiger partial charge in [-0.1, -0.05) is 28.1 Å². The fourth-order valence-corrected chi connectivity index (χ4v) is 3.50. The number of aromatic nitrogens is 2. The SMILES string of the molecule is O=C(CCn1ccc2c(Br)cccc21)Nc1cccc2[nH]ccc12. The van der Waals surface area contributed by atoms with Gasteiger partial charge >= 0.3 is 0 Å². The molecular weight excluding hydrogens is 366 g/mol. The van der Waals surface area contributed by atoms with Crippen molar-refractivity contribution in [3.8, 4) is 0 Å². The summed E-state index contributed by atoms with van der Waals surface area (Å²) in [6, 6.07) is 16.0. The Morgan fingerprint density at radius 1 is 1.08 bits per heavy atom. The van der Waals surface area contributed by atoms with E-state index in [1.54, 1.807) is 0 Å². The number of anilines is 1. The van der Waals surface area contributed by atoms with Crippen LogP contribution in [0.25, 0.3) is 21.8 Å². The average Bonchev–Trinajstić information content (AvgIpc) is 3.21. The van der Waals surface area contributed by atoms with Gasteiger partial charge in [-0.3, -0.25) is 4.79 Å². The Kier molecular flexibility index (Phi) is 3.86. The second kappa shape index (κ2) is 6.17. The van der Waals surface area contributed by atoms with Gasteiger partial charge in [0.15, 0.2) is 0 Å². The predicted octanol–water partition coefficient (Wildman–Crippen LogP) is 4.91. The van der Waals surface area contributed by atoms with E-state index in [0.29, 0.717) is 13.0 Å². The first-order valence-corrected chi connectivity index (χ1v) is 8.61. The summed E-state index contributed by atoms with van der Waals surface area (Å²) < 4.78 is 3.18. The molecule has 4 rings (SSSR count). The van der Waals surface area contributed by atoms with E-state index >= 15 is 0 Å². The Morgan fingerprint density at radius 2 is 1.96 bits per heavy atom. The number of nitrogens with zero attached hydrogens (tertiary/aromatic N) is 1. The molecule has 2 heterocycles. The number of aromatic amines is 1. The van der Waals surface area contributed by atoms with Gasteiger partial charge < -0.3 is 14.9 Å². The number of carbonyl (C=O) groups excluding carboxylic acids is 1. The van der Waals surface area contributed by atoms with Gasteiger partial charge in [0.25, 0.3) is 0 Å². The Bertz CT molecular complexity index is 1030. The van der Waals surface area contributed by atoms with Gasteiger partial charge in [-0.05, 0) is 36.4 Å². The molecule has 0 aliphatic heterocycles. The summed E-state index contributed by atoms with van der Waals surface area (Å²) in [7, 11) is 0. The summed E-state index contributed by atoms with van der Waals surface area (Å²) in [5.41, 5.74) is 3.00. The highest BCUT2D eigenvalue weighted by Gasteiger charge is 2.08. The van der Waals surface area contributed by atoms with Crippen LogP contribution in [0.2, 0.25) is 0 Å². The minimum absolute atomic E-state index is 0.0144. The number of H-pyrrole nitrogens is 1. The molecule has 0 bridgehead atoms. The Labute approximate surface area is 147 Å². The predicted molar refractivity (Wildman–Crippen MR) is 101 cm³/mol. The highest BCUT2D eigenvalue weighted by Crippen LogP contribution is 2.25. The second-order valence-corrected chi connectivity index (χ2v) is 6.58. The van der Waals surface area contributed by atoms with Crippen molar-refractivity contribution in [2.75, 3.05) is 5.32 Å². The summed E-state index contributed by atoms with van der Waals surface area (Å²) in [5.74, 6) is 0.0144. The number of nitrogens with one attached hydrogen (secondary N) is 2. The number of benzene rings is 2. The lowest BCUT2D eigenvalue weighted by molar-refractivity contribution is -0.116. The van der Waals surface area contributed by atoms with Crippen LogP contribution in [-0.2, 0) is 11.3 Å². The van der Waals surface area contributed by atoms with Gasteiger partial charge in [-0.2, -0.15) is 0 Å². The lowest BCUT2D eigenvalue weighted by Crippen LogP contribution is -2.14. The zero-order valence-electron chi connectivity index (χ0n) is 12.9. The maximum Gasteiger partial charge on any atom is 0.226 e. The van der Waals surface area contributed by atoms with E-state index in [0.717, 1.165) is 32.0 Å². The minimum Gasteiger partial charge on any atom is -0.361 e. The summed E-state index contributed by atoms with van der Waals surface area (Å²) in [5, 5.41) is 5.20. The molecule has 0 unspecified atom stereocenters. The van der Waals surface area contributed by atoms with Crippen molar-refractivity contribution in [1.29, 1.82) is 0 Å². The van der Waals surface area contributed by atoms with E-state index in [1.807, 2.05) is 48.8 Å². The maximum absolute atomic E-state index is 12.3. The van der Waals surface area contributed by atoms with Crippen molar-refractivity contribution >= 4 is 49.3 Å². The number of aryl methyl sites for hydroxylation is 1. The van der Waals surface area contributed by atoms with Crippen molar-refractivity contribution in [3.63, 3.8) is 0 Å². The molecule has 0 atom stereocenters. The molecule has 120 valence electrons. The Balaban J connectivity index is 1.48. The molecule has 0 spiro atoms. The molecule has 0 aliphatic carbocycles. The first kappa shape index (κ1) is 15.0. The highest BCUT2D eigenvalue weighted by molar-refractivity contribution is 9.10. The van der Waals surface area contributed by atoms with E-state index in [2.05, 4.69) is 42.9 Å². The molecule has 2 aromatic heterocycles. The van der Waals surface area contributed by atoms with E-state index < -0.39 is 0 Å². The number of amides is 1. The molecule has 0 aliphatic rings. The summed E-state index contributed by atoms with van der Waals surface area (Å²) in [6.07, 6.45) is 4.33. The quantitative estimate of drug-likeness (QED) is 0.518. The third-order valence-electron chi connectivity index (χ3n) is 4.21. The monoisotopic (exact) mass is 381 g/mol. The average molecular weight is 382 g/mol. The van der Waals surface area contributed by atoms with Crippen molar-refractivity contribution in [1.82, 2.24) is 9.55 Å². The first-order valence-electron chi connectivity index (χ1n) is 7.82. The van der Waals surface area contributed by atoms with Crippen LogP contribution in [0, 0.1) is 0 Å². The molecule has 24 heavy (non-hydrogen) atoms. The molecule has 5 heteroatoms. The van der Waals surface area contributed by atoms with Crippen LogP contribution < -0.4 is 5.32 Å². The number of hydrogen-bond donors (Lipinski definition) is 2. The van der Waals surface area contributed by atoms with Gasteiger partial charge in [0.05, 0.1) is 5.69 Å². The van der Waals surface area contributed by atoms with Crippen LogP contribution in [0.1, 0.15) is 6.42 Å². The summed E-state index contributed by atoms with van der Waals surface area (Å²) in [6.45, 7) is 0.648. The number of fused-ring (bicyclic) bond motifs is 2. The van der Waals surface area contributed by atoms with Crippen LogP contribution >= 0.6 is 15.9 Å². The van der Waals surface area contributed by atoms with E-state index in [9.17, 15) is 4.79 Å². The molecule has 0 radical (unpaired) electrons.